The number of nitrogen functional groups attached to an aromatic ring is 1. The molecule has 18 heavy (non-hydrogen) atoms. The van der Waals surface area contributed by atoms with Crippen LogP contribution in [0.25, 0.3) is 5.70 Å². The quantitative estimate of drug-likeness (QED) is 0.795. The molecule has 1 amide bonds. The molecule has 1 heterocycles. The number of carbonyl (C=O) groups is 1. The van der Waals surface area contributed by atoms with Gasteiger partial charge in [0.05, 0.1) is 5.70 Å². The first kappa shape index (κ1) is 13.8. The number of rotatable bonds is 4. The maximum Gasteiger partial charge on any atom is 0.271 e. The van der Waals surface area contributed by atoms with Gasteiger partial charge in [-0.3, -0.25) is 4.79 Å². The molecule has 0 unspecified atom stereocenters. The standard InChI is InChI=1S/C13H18N4O/c1-5-6-7-8-9(2)17-12(14)10(3)11(16-17)13(18)15-4/h5-8H,2,14H2,1,3-4H3,(H,15,18)/b6-5-,8-7-. The van der Waals surface area contributed by atoms with E-state index in [-0.39, 0.29) is 5.91 Å². The summed E-state index contributed by atoms with van der Waals surface area (Å²) < 4.78 is 1.46. The largest absolute Gasteiger partial charge is 0.383 e. The van der Waals surface area contributed by atoms with E-state index in [2.05, 4.69) is 17.0 Å². The maximum atomic E-state index is 11.6. The molecule has 0 atom stereocenters. The molecule has 0 aliphatic heterocycles. The molecule has 3 N–H and O–H groups in total. The minimum absolute atomic E-state index is 0.261. The Hall–Kier alpha value is -2.30. The van der Waals surface area contributed by atoms with Crippen molar-refractivity contribution in [3.63, 3.8) is 0 Å². The van der Waals surface area contributed by atoms with Gasteiger partial charge in [-0.2, -0.15) is 5.10 Å². The van der Waals surface area contributed by atoms with Gasteiger partial charge in [-0.25, -0.2) is 4.68 Å². The second kappa shape index (κ2) is 5.86. The summed E-state index contributed by atoms with van der Waals surface area (Å²) in [6, 6.07) is 0. The Morgan fingerprint density at radius 3 is 2.72 bits per heavy atom. The number of allylic oxidation sites excluding steroid dienone is 5. The predicted octanol–water partition coefficient (Wildman–Crippen LogP) is 1.74. The second-order valence-corrected chi connectivity index (χ2v) is 3.73. The Balaban J connectivity index is 3.11. The summed E-state index contributed by atoms with van der Waals surface area (Å²) in [5, 5.41) is 6.69. The molecule has 96 valence electrons. The third kappa shape index (κ3) is 2.68. The predicted molar refractivity (Wildman–Crippen MR) is 74.1 cm³/mol. The molecule has 1 rings (SSSR count). The van der Waals surface area contributed by atoms with Crippen molar-refractivity contribution in [1.29, 1.82) is 0 Å². The lowest BCUT2D eigenvalue weighted by Crippen LogP contribution is -2.19. The summed E-state index contributed by atoms with van der Waals surface area (Å²) in [6.07, 6.45) is 7.38. The fourth-order valence-corrected chi connectivity index (χ4v) is 1.41. The SMILES string of the molecule is C=C(/C=C\C=C/C)n1nc(C(=O)NC)c(C)c1N. The molecule has 0 radical (unpaired) electrons. The summed E-state index contributed by atoms with van der Waals surface area (Å²) in [4.78, 5) is 11.6. The van der Waals surface area contributed by atoms with E-state index in [9.17, 15) is 4.79 Å². The molecular weight excluding hydrogens is 228 g/mol. The average molecular weight is 246 g/mol. The summed E-state index contributed by atoms with van der Waals surface area (Å²) in [5.41, 5.74) is 7.47. The van der Waals surface area contributed by atoms with Gasteiger partial charge >= 0.3 is 0 Å². The highest BCUT2D eigenvalue weighted by atomic mass is 16.1. The highest BCUT2D eigenvalue weighted by molar-refractivity contribution is 5.95. The number of carbonyl (C=O) groups excluding carboxylic acids is 1. The fourth-order valence-electron chi connectivity index (χ4n) is 1.41. The smallest absolute Gasteiger partial charge is 0.271 e. The van der Waals surface area contributed by atoms with Gasteiger partial charge in [0, 0.05) is 12.6 Å². The zero-order valence-corrected chi connectivity index (χ0v) is 10.9. The van der Waals surface area contributed by atoms with Crippen molar-refractivity contribution in [2.24, 2.45) is 0 Å². The lowest BCUT2D eigenvalue weighted by Gasteiger charge is -2.02. The van der Waals surface area contributed by atoms with Gasteiger partial charge in [-0.1, -0.05) is 24.8 Å². The zero-order valence-electron chi connectivity index (χ0n) is 10.9. The van der Waals surface area contributed by atoms with Crippen LogP contribution in [0.15, 0.2) is 30.9 Å². The topological polar surface area (TPSA) is 72.9 Å². The molecule has 0 aromatic carbocycles. The highest BCUT2D eigenvalue weighted by Crippen LogP contribution is 2.19. The third-order valence-corrected chi connectivity index (χ3v) is 2.47. The van der Waals surface area contributed by atoms with Crippen LogP contribution in [0.4, 0.5) is 5.82 Å². The van der Waals surface area contributed by atoms with Crippen LogP contribution in [0, 0.1) is 6.92 Å². The number of hydrogen-bond donors (Lipinski definition) is 2. The molecule has 5 nitrogen and oxygen atoms in total. The number of nitrogens with zero attached hydrogens (tertiary/aromatic N) is 2. The second-order valence-electron chi connectivity index (χ2n) is 3.73. The number of nitrogens with two attached hydrogens (primary N) is 1. The van der Waals surface area contributed by atoms with Crippen LogP contribution in [0.2, 0.25) is 0 Å². The van der Waals surface area contributed by atoms with Gasteiger partial charge in [-0.15, -0.1) is 0 Å². The Labute approximate surface area is 107 Å². The van der Waals surface area contributed by atoms with Crippen LogP contribution < -0.4 is 11.1 Å². The number of nitrogens with one attached hydrogen (secondary N) is 1. The zero-order chi connectivity index (χ0) is 13.7. The van der Waals surface area contributed by atoms with Crippen molar-refractivity contribution in [2.75, 3.05) is 12.8 Å². The molecule has 0 spiro atoms. The summed E-state index contributed by atoms with van der Waals surface area (Å²) in [7, 11) is 1.55. The van der Waals surface area contributed by atoms with Gasteiger partial charge in [0.2, 0.25) is 0 Å². The van der Waals surface area contributed by atoms with Crippen molar-refractivity contribution >= 4 is 17.4 Å². The normalized spacial score (nSPS) is 11.3. The first-order valence-electron chi connectivity index (χ1n) is 5.58. The van der Waals surface area contributed by atoms with Crippen LogP contribution in [0.5, 0.6) is 0 Å². The molecule has 1 aromatic heterocycles. The van der Waals surface area contributed by atoms with E-state index in [1.165, 1.54) is 4.68 Å². The van der Waals surface area contributed by atoms with Crippen molar-refractivity contribution < 1.29 is 4.79 Å². The molecule has 0 bridgehead atoms. The molecule has 5 heteroatoms. The number of amides is 1. The van der Waals surface area contributed by atoms with Crippen LogP contribution in [-0.4, -0.2) is 22.7 Å². The maximum absolute atomic E-state index is 11.6. The first-order valence-corrected chi connectivity index (χ1v) is 5.58. The van der Waals surface area contributed by atoms with Crippen molar-refractivity contribution in [2.45, 2.75) is 13.8 Å². The number of hydrogen-bond acceptors (Lipinski definition) is 3. The first-order chi connectivity index (χ1) is 8.52. The van der Waals surface area contributed by atoms with Gasteiger partial charge in [0.1, 0.15) is 5.82 Å². The summed E-state index contributed by atoms with van der Waals surface area (Å²) >= 11 is 0. The van der Waals surface area contributed by atoms with E-state index in [1.807, 2.05) is 25.2 Å². The Kier molecular flexibility index (Phi) is 4.48. The fraction of sp³-hybridized carbons (Fsp3) is 0.231. The van der Waals surface area contributed by atoms with Crippen LogP contribution >= 0.6 is 0 Å². The van der Waals surface area contributed by atoms with Gasteiger partial charge in [0.25, 0.3) is 5.91 Å². The van der Waals surface area contributed by atoms with E-state index < -0.39 is 0 Å². The van der Waals surface area contributed by atoms with Crippen LogP contribution in [-0.2, 0) is 0 Å². The monoisotopic (exact) mass is 246 g/mol. The minimum atomic E-state index is -0.261. The van der Waals surface area contributed by atoms with Crippen molar-refractivity contribution in [1.82, 2.24) is 15.1 Å². The molecule has 0 aliphatic carbocycles. The number of aromatic nitrogens is 2. The van der Waals surface area contributed by atoms with E-state index in [0.717, 1.165) is 0 Å². The Bertz CT molecular complexity index is 523. The van der Waals surface area contributed by atoms with E-state index in [4.69, 9.17) is 5.73 Å². The highest BCUT2D eigenvalue weighted by Gasteiger charge is 2.17. The van der Waals surface area contributed by atoms with Crippen molar-refractivity contribution in [3.05, 3.63) is 42.1 Å². The minimum Gasteiger partial charge on any atom is -0.383 e. The van der Waals surface area contributed by atoms with E-state index >= 15 is 0 Å². The van der Waals surface area contributed by atoms with Crippen molar-refractivity contribution in [3.8, 4) is 0 Å². The molecular formula is C13H18N4O. The number of anilines is 1. The lowest BCUT2D eigenvalue weighted by molar-refractivity contribution is 0.0957. The molecule has 0 fully saturated rings. The average Bonchev–Trinajstić information content (AvgIpc) is 2.66. The Morgan fingerprint density at radius 2 is 2.17 bits per heavy atom. The van der Waals surface area contributed by atoms with E-state index in [1.54, 1.807) is 20.0 Å². The van der Waals surface area contributed by atoms with Crippen LogP contribution in [0.1, 0.15) is 23.0 Å². The molecule has 0 saturated carbocycles. The van der Waals surface area contributed by atoms with Gasteiger partial charge < -0.3 is 11.1 Å². The third-order valence-electron chi connectivity index (χ3n) is 2.47. The lowest BCUT2D eigenvalue weighted by atomic mass is 10.2. The Morgan fingerprint density at radius 1 is 1.50 bits per heavy atom. The summed E-state index contributed by atoms with van der Waals surface area (Å²) in [5.74, 6) is 0.159. The van der Waals surface area contributed by atoms with E-state index in [0.29, 0.717) is 22.8 Å². The molecule has 0 saturated heterocycles. The molecule has 1 aromatic rings. The molecule has 0 aliphatic rings. The summed E-state index contributed by atoms with van der Waals surface area (Å²) in [6.45, 7) is 7.54. The van der Waals surface area contributed by atoms with Crippen LogP contribution in [0.3, 0.4) is 0 Å². The van der Waals surface area contributed by atoms with Gasteiger partial charge in [0.15, 0.2) is 5.69 Å². The van der Waals surface area contributed by atoms with Gasteiger partial charge in [-0.05, 0) is 19.9 Å².